The molecule has 5 nitrogen and oxygen atoms in total. The van der Waals surface area contributed by atoms with E-state index >= 15 is 0 Å². The van der Waals surface area contributed by atoms with Crippen LogP contribution >= 0.6 is 0 Å². The molecule has 31 heavy (non-hydrogen) atoms. The zero-order chi connectivity index (χ0) is 22.6. The van der Waals surface area contributed by atoms with Gasteiger partial charge in [0.15, 0.2) is 0 Å². The van der Waals surface area contributed by atoms with Crippen LogP contribution in [0.4, 0.5) is 4.79 Å². The Labute approximate surface area is 185 Å². The fourth-order valence-corrected chi connectivity index (χ4v) is 4.03. The Kier molecular flexibility index (Phi) is 6.54. The lowest BCUT2D eigenvalue weighted by Gasteiger charge is -2.40. The first kappa shape index (κ1) is 22.6. The third-order valence-electron chi connectivity index (χ3n) is 5.39. The van der Waals surface area contributed by atoms with Crippen LogP contribution in [0.5, 0.6) is 0 Å². The average Bonchev–Trinajstić information content (AvgIpc) is 3.12. The van der Waals surface area contributed by atoms with Crippen LogP contribution in [-0.4, -0.2) is 48.0 Å². The van der Waals surface area contributed by atoms with Crippen molar-refractivity contribution in [2.75, 3.05) is 20.6 Å². The zero-order valence-corrected chi connectivity index (χ0v) is 19.1. The Balaban J connectivity index is 2.06. The van der Waals surface area contributed by atoms with Gasteiger partial charge in [0.05, 0.1) is 5.54 Å². The van der Waals surface area contributed by atoms with E-state index in [1.54, 1.807) is 19.0 Å². The van der Waals surface area contributed by atoms with E-state index in [9.17, 15) is 9.59 Å². The summed E-state index contributed by atoms with van der Waals surface area (Å²) in [6, 6.07) is 19.9. The molecule has 0 fully saturated rings. The van der Waals surface area contributed by atoms with E-state index in [1.807, 2.05) is 74.2 Å². The van der Waals surface area contributed by atoms with Crippen LogP contribution in [0.3, 0.4) is 0 Å². The number of carbonyl (C=O) groups is 2. The number of benzene rings is 2. The largest absolute Gasteiger partial charge is 0.460 e. The van der Waals surface area contributed by atoms with E-state index in [-0.39, 0.29) is 18.4 Å². The second-order valence-corrected chi connectivity index (χ2v) is 9.18. The number of hydrogen-bond acceptors (Lipinski definition) is 3. The smallest absolute Gasteiger partial charge is 0.320 e. The molecule has 3 rings (SSSR count). The van der Waals surface area contributed by atoms with Crippen molar-refractivity contribution in [3.63, 3.8) is 0 Å². The molecule has 2 aromatic carbocycles. The lowest BCUT2D eigenvalue weighted by atomic mass is 9.84. The molecule has 0 saturated heterocycles. The molecule has 1 heterocycles. The Morgan fingerprint density at radius 1 is 1.00 bits per heavy atom. The minimum absolute atomic E-state index is 0.0878. The van der Waals surface area contributed by atoms with Gasteiger partial charge in [-0.05, 0) is 50.0 Å². The first-order chi connectivity index (χ1) is 14.6. The van der Waals surface area contributed by atoms with Gasteiger partial charge in [-0.2, -0.15) is 0 Å². The number of carbonyl (C=O) groups excluding carboxylic acids is 2. The predicted molar refractivity (Wildman–Crippen MR) is 123 cm³/mol. The Bertz CT molecular complexity index is 946. The SMILES string of the molecule is CN(C)C(=O)N1CC(c2ccccc2)=CC1(CCC(=O)OC(C)(C)C)c1ccccc1. The molecule has 1 atom stereocenters. The number of urea groups is 1. The third-order valence-corrected chi connectivity index (χ3v) is 5.39. The molecule has 5 heteroatoms. The predicted octanol–water partition coefficient (Wildman–Crippen LogP) is 5.08. The molecular formula is C26H32N2O3. The quantitative estimate of drug-likeness (QED) is 0.634. The van der Waals surface area contributed by atoms with E-state index < -0.39 is 11.1 Å². The molecule has 1 aliphatic rings. The van der Waals surface area contributed by atoms with Crippen LogP contribution in [0.2, 0.25) is 0 Å². The molecule has 0 radical (unpaired) electrons. The highest BCUT2D eigenvalue weighted by Crippen LogP contribution is 2.44. The monoisotopic (exact) mass is 420 g/mol. The summed E-state index contributed by atoms with van der Waals surface area (Å²) in [6.45, 7) is 6.07. The van der Waals surface area contributed by atoms with Gasteiger partial charge in [-0.1, -0.05) is 60.7 Å². The Morgan fingerprint density at radius 3 is 2.13 bits per heavy atom. The maximum absolute atomic E-state index is 13.3. The van der Waals surface area contributed by atoms with Gasteiger partial charge in [0, 0.05) is 27.1 Å². The average molecular weight is 421 g/mol. The summed E-state index contributed by atoms with van der Waals surface area (Å²) in [5, 5.41) is 0. The molecule has 0 aromatic heterocycles. The highest BCUT2D eigenvalue weighted by molar-refractivity contribution is 5.83. The van der Waals surface area contributed by atoms with Crippen LogP contribution in [0.1, 0.15) is 44.7 Å². The first-order valence-electron chi connectivity index (χ1n) is 10.7. The van der Waals surface area contributed by atoms with E-state index in [0.29, 0.717) is 13.0 Å². The van der Waals surface area contributed by atoms with E-state index in [4.69, 9.17) is 4.74 Å². The van der Waals surface area contributed by atoms with Gasteiger partial charge in [0.2, 0.25) is 0 Å². The Morgan fingerprint density at radius 2 is 1.58 bits per heavy atom. The third kappa shape index (κ3) is 5.16. The van der Waals surface area contributed by atoms with Crippen LogP contribution in [-0.2, 0) is 15.1 Å². The van der Waals surface area contributed by atoms with Crippen molar-refractivity contribution in [2.24, 2.45) is 0 Å². The minimum Gasteiger partial charge on any atom is -0.460 e. The fourth-order valence-electron chi connectivity index (χ4n) is 4.03. The van der Waals surface area contributed by atoms with Crippen LogP contribution < -0.4 is 0 Å². The van der Waals surface area contributed by atoms with Gasteiger partial charge in [0.1, 0.15) is 5.60 Å². The van der Waals surface area contributed by atoms with Crippen molar-refractivity contribution in [3.05, 3.63) is 77.9 Å². The van der Waals surface area contributed by atoms with Gasteiger partial charge >= 0.3 is 12.0 Å². The van der Waals surface area contributed by atoms with E-state index in [1.165, 1.54) is 0 Å². The standard InChI is InChI=1S/C26H32N2O3/c1-25(2,3)31-23(29)16-17-26(22-14-10-7-11-15-22)18-21(20-12-8-6-9-13-20)19-28(26)24(30)27(4)5/h6-15,18H,16-17,19H2,1-5H3. The fraction of sp³-hybridized carbons (Fsp3) is 0.385. The maximum Gasteiger partial charge on any atom is 0.320 e. The molecule has 1 unspecified atom stereocenters. The number of amides is 2. The molecule has 0 aliphatic carbocycles. The highest BCUT2D eigenvalue weighted by Gasteiger charge is 2.45. The molecule has 2 aromatic rings. The zero-order valence-electron chi connectivity index (χ0n) is 19.1. The minimum atomic E-state index is -0.731. The number of ether oxygens (including phenoxy) is 1. The summed E-state index contributed by atoms with van der Waals surface area (Å²) in [5.74, 6) is -0.262. The van der Waals surface area contributed by atoms with E-state index in [0.717, 1.165) is 16.7 Å². The molecule has 0 saturated carbocycles. The highest BCUT2D eigenvalue weighted by atomic mass is 16.6. The molecule has 1 aliphatic heterocycles. The van der Waals surface area contributed by atoms with Crippen LogP contribution in [0.25, 0.3) is 5.57 Å². The molecule has 0 spiro atoms. The summed E-state index contributed by atoms with van der Waals surface area (Å²) >= 11 is 0. The summed E-state index contributed by atoms with van der Waals surface area (Å²) in [4.78, 5) is 29.3. The van der Waals surface area contributed by atoms with Gasteiger partial charge in [-0.3, -0.25) is 4.79 Å². The van der Waals surface area contributed by atoms with Crippen molar-refractivity contribution in [1.29, 1.82) is 0 Å². The summed E-state index contributed by atoms with van der Waals surface area (Å²) in [6.07, 6.45) is 2.81. The summed E-state index contributed by atoms with van der Waals surface area (Å²) < 4.78 is 5.56. The van der Waals surface area contributed by atoms with Crippen molar-refractivity contribution >= 4 is 17.6 Å². The first-order valence-corrected chi connectivity index (χ1v) is 10.7. The topological polar surface area (TPSA) is 49.9 Å². The number of hydrogen-bond donors (Lipinski definition) is 0. The number of rotatable bonds is 5. The maximum atomic E-state index is 13.3. The molecule has 164 valence electrons. The lowest BCUT2D eigenvalue weighted by molar-refractivity contribution is -0.155. The Hall–Kier alpha value is -3.08. The van der Waals surface area contributed by atoms with Crippen molar-refractivity contribution in [1.82, 2.24) is 9.80 Å². The second-order valence-electron chi connectivity index (χ2n) is 9.18. The molecule has 2 amide bonds. The van der Waals surface area contributed by atoms with Gasteiger partial charge in [0.25, 0.3) is 0 Å². The summed E-state index contributed by atoms with van der Waals surface area (Å²) in [7, 11) is 3.51. The van der Waals surface area contributed by atoms with Crippen LogP contribution in [0, 0.1) is 0 Å². The normalized spacial score (nSPS) is 18.5. The number of esters is 1. The van der Waals surface area contributed by atoms with Gasteiger partial charge in [-0.15, -0.1) is 0 Å². The lowest BCUT2D eigenvalue weighted by Crippen LogP contribution is -2.49. The van der Waals surface area contributed by atoms with E-state index in [2.05, 4.69) is 18.2 Å². The second kappa shape index (κ2) is 8.96. The molecule has 0 N–H and O–H groups in total. The van der Waals surface area contributed by atoms with Crippen molar-refractivity contribution < 1.29 is 14.3 Å². The van der Waals surface area contributed by atoms with Crippen molar-refractivity contribution in [3.8, 4) is 0 Å². The van der Waals surface area contributed by atoms with Crippen LogP contribution in [0.15, 0.2) is 66.7 Å². The van der Waals surface area contributed by atoms with Gasteiger partial charge in [-0.25, -0.2) is 4.79 Å². The number of nitrogens with zero attached hydrogens (tertiary/aromatic N) is 2. The summed E-state index contributed by atoms with van der Waals surface area (Å²) in [5.41, 5.74) is 1.86. The van der Waals surface area contributed by atoms with Gasteiger partial charge < -0.3 is 14.5 Å². The molecule has 0 bridgehead atoms. The molecular weight excluding hydrogens is 388 g/mol. The van der Waals surface area contributed by atoms with Crippen molar-refractivity contribution in [2.45, 2.75) is 44.8 Å².